The highest BCUT2D eigenvalue weighted by atomic mass is 31.2. The average Bonchev–Trinajstić information content (AvgIpc) is 1.84. The topological polar surface area (TPSA) is 79.2 Å². The number of hydrogen-bond donors (Lipinski definition) is 3. The van der Waals surface area contributed by atoms with Gasteiger partial charge < -0.3 is 19.2 Å². The summed E-state index contributed by atoms with van der Waals surface area (Å²) in [6, 6.07) is 0. The average molecular weight is 214 g/mol. The second-order valence-electron chi connectivity index (χ2n) is 2.15. The van der Waals surface area contributed by atoms with Crippen molar-refractivity contribution < 1.29 is 23.5 Å². The van der Waals surface area contributed by atoms with E-state index < -0.39 is 17.2 Å². The molecule has 3 N–H and O–H groups in total. The van der Waals surface area contributed by atoms with Crippen molar-refractivity contribution in [1.82, 2.24) is 0 Å². The first-order chi connectivity index (χ1) is 5.52. The van der Waals surface area contributed by atoms with Crippen LogP contribution in [0.1, 0.15) is 13.8 Å². The van der Waals surface area contributed by atoms with Crippen LogP contribution in [0.15, 0.2) is 11.6 Å². The fourth-order valence-electron chi connectivity index (χ4n) is 0.354. The van der Waals surface area contributed by atoms with Crippen LogP contribution in [-0.2, 0) is 8.83 Å². The van der Waals surface area contributed by atoms with Gasteiger partial charge in [0.1, 0.15) is 0 Å². The van der Waals surface area contributed by atoms with Crippen LogP contribution in [0.3, 0.4) is 0 Å². The summed E-state index contributed by atoms with van der Waals surface area (Å²) < 4.78 is 8.86. The zero-order valence-corrected chi connectivity index (χ0v) is 8.63. The Morgan fingerprint density at radius 1 is 1.33 bits per heavy atom. The minimum absolute atomic E-state index is 0.202. The first kappa shape index (κ1) is 12.4. The molecule has 5 nitrogen and oxygen atoms in total. The summed E-state index contributed by atoms with van der Waals surface area (Å²) in [5.41, 5.74) is 1.05. The molecule has 0 amide bonds. The second kappa shape index (κ2) is 6.87. The lowest BCUT2D eigenvalue weighted by Crippen LogP contribution is -1.87. The van der Waals surface area contributed by atoms with Crippen LogP contribution in [0.5, 0.6) is 0 Å². The first-order valence-electron chi connectivity index (χ1n) is 3.13. The Labute approximate surface area is 73.6 Å². The Kier molecular flexibility index (Phi) is 7.10. The molecule has 0 aliphatic carbocycles. The molecular formula is C5H12O5P2. The molecule has 0 aromatic heterocycles. The molecule has 0 aliphatic heterocycles. The van der Waals surface area contributed by atoms with Gasteiger partial charge in [-0.1, -0.05) is 11.6 Å². The van der Waals surface area contributed by atoms with Gasteiger partial charge in [-0.05, 0) is 13.8 Å². The highest BCUT2D eigenvalue weighted by Crippen LogP contribution is 2.45. The van der Waals surface area contributed by atoms with Gasteiger partial charge in [0, 0.05) is 0 Å². The van der Waals surface area contributed by atoms with Crippen molar-refractivity contribution >= 4 is 17.2 Å². The van der Waals surface area contributed by atoms with Gasteiger partial charge >= 0.3 is 17.2 Å². The molecule has 0 aromatic rings. The van der Waals surface area contributed by atoms with E-state index in [4.69, 9.17) is 14.7 Å². The van der Waals surface area contributed by atoms with Gasteiger partial charge in [-0.25, -0.2) is 4.31 Å². The van der Waals surface area contributed by atoms with Crippen LogP contribution in [0.25, 0.3) is 0 Å². The fraction of sp³-hybridized carbons (Fsp3) is 0.600. The van der Waals surface area contributed by atoms with Crippen LogP contribution in [0.2, 0.25) is 0 Å². The molecule has 12 heavy (non-hydrogen) atoms. The molecule has 0 rings (SSSR count). The SMILES string of the molecule is CC(C)=CCOP(O)OP(O)O. The van der Waals surface area contributed by atoms with E-state index in [1.807, 2.05) is 13.8 Å². The summed E-state index contributed by atoms with van der Waals surface area (Å²) in [5, 5.41) is 0. The van der Waals surface area contributed by atoms with E-state index in [0.717, 1.165) is 5.57 Å². The molecule has 72 valence electrons. The summed E-state index contributed by atoms with van der Waals surface area (Å²) in [4.78, 5) is 25.4. The Hall–Kier alpha value is 0.400. The highest BCUT2D eigenvalue weighted by Gasteiger charge is 2.11. The molecule has 0 aliphatic rings. The van der Waals surface area contributed by atoms with Crippen LogP contribution in [0, 0.1) is 0 Å². The Bertz CT molecular complexity index is 145. The zero-order chi connectivity index (χ0) is 9.56. The number of rotatable bonds is 5. The third-order valence-electron chi connectivity index (χ3n) is 0.819. The molecule has 0 fully saturated rings. The molecule has 0 heterocycles. The molecule has 1 unspecified atom stereocenters. The van der Waals surface area contributed by atoms with Gasteiger partial charge in [-0.15, -0.1) is 0 Å². The zero-order valence-electron chi connectivity index (χ0n) is 6.84. The maximum Gasteiger partial charge on any atom is 0.337 e. The minimum atomic E-state index is -2.54. The minimum Gasteiger partial charge on any atom is -0.328 e. The Balaban J connectivity index is 3.44. The molecule has 0 radical (unpaired) electrons. The lowest BCUT2D eigenvalue weighted by atomic mass is 10.3. The Morgan fingerprint density at radius 3 is 2.33 bits per heavy atom. The van der Waals surface area contributed by atoms with Crippen LogP contribution in [0.4, 0.5) is 0 Å². The van der Waals surface area contributed by atoms with Crippen molar-refractivity contribution in [2.45, 2.75) is 13.8 Å². The fourth-order valence-corrected chi connectivity index (χ4v) is 1.24. The number of allylic oxidation sites excluding steroid dienone is 1. The molecule has 0 spiro atoms. The van der Waals surface area contributed by atoms with Gasteiger partial charge in [0.05, 0.1) is 6.61 Å². The first-order valence-corrected chi connectivity index (χ1v) is 5.43. The maximum atomic E-state index is 8.82. The van der Waals surface area contributed by atoms with E-state index in [-0.39, 0.29) is 6.61 Å². The van der Waals surface area contributed by atoms with Gasteiger partial charge in [0.25, 0.3) is 0 Å². The second-order valence-corrected chi connectivity index (χ2v) is 4.04. The quantitative estimate of drug-likeness (QED) is 0.476. The largest absolute Gasteiger partial charge is 0.337 e. The van der Waals surface area contributed by atoms with Crippen molar-refractivity contribution in [2.75, 3.05) is 6.61 Å². The van der Waals surface area contributed by atoms with Gasteiger partial charge in [-0.3, -0.25) is 0 Å². The van der Waals surface area contributed by atoms with E-state index >= 15 is 0 Å². The molecule has 0 saturated carbocycles. The lowest BCUT2D eigenvalue weighted by molar-refractivity contribution is 0.269. The lowest BCUT2D eigenvalue weighted by Gasteiger charge is -2.08. The maximum absolute atomic E-state index is 8.82. The summed E-state index contributed by atoms with van der Waals surface area (Å²) >= 11 is 0. The van der Waals surface area contributed by atoms with Gasteiger partial charge in [0.15, 0.2) is 0 Å². The monoisotopic (exact) mass is 214 g/mol. The third-order valence-corrected chi connectivity index (χ3v) is 2.33. The van der Waals surface area contributed by atoms with Crippen molar-refractivity contribution in [3.63, 3.8) is 0 Å². The van der Waals surface area contributed by atoms with Crippen molar-refractivity contribution in [1.29, 1.82) is 0 Å². The molecule has 0 aromatic carbocycles. The van der Waals surface area contributed by atoms with Gasteiger partial charge in [0.2, 0.25) is 0 Å². The predicted octanol–water partition coefficient (Wildman–Crippen LogP) is 1.42. The molecule has 1 atom stereocenters. The van der Waals surface area contributed by atoms with E-state index in [9.17, 15) is 0 Å². The number of hydrogen-bond acceptors (Lipinski definition) is 5. The predicted molar refractivity (Wildman–Crippen MR) is 47.0 cm³/mol. The van der Waals surface area contributed by atoms with Crippen LogP contribution in [-0.4, -0.2) is 21.3 Å². The van der Waals surface area contributed by atoms with Crippen molar-refractivity contribution in [3.05, 3.63) is 11.6 Å². The van der Waals surface area contributed by atoms with E-state index in [0.29, 0.717) is 0 Å². The van der Waals surface area contributed by atoms with Crippen molar-refractivity contribution in [3.8, 4) is 0 Å². The molecular weight excluding hydrogens is 202 g/mol. The van der Waals surface area contributed by atoms with E-state index in [1.54, 1.807) is 6.08 Å². The van der Waals surface area contributed by atoms with Crippen LogP contribution >= 0.6 is 17.2 Å². The summed E-state index contributed by atoms with van der Waals surface area (Å²) in [6.07, 6.45) is 1.74. The van der Waals surface area contributed by atoms with Gasteiger partial charge in [-0.2, -0.15) is 0 Å². The van der Waals surface area contributed by atoms with Crippen LogP contribution < -0.4 is 0 Å². The third kappa shape index (κ3) is 8.50. The van der Waals surface area contributed by atoms with E-state index in [1.165, 1.54) is 0 Å². The Morgan fingerprint density at radius 2 is 1.92 bits per heavy atom. The standard InChI is InChI=1S/C5H12O5P2/c1-5(2)3-4-9-12(8)10-11(6)7/h3,6-8H,4H2,1-2H3. The van der Waals surface area contributed by atoms with E-state index in [2.05, 4.69) is 8.83 Å². The molecule has 7 heteroatoms. The molecule has 0 saturated heterocycles. The smallest absolute Gasteiger partial charge is 0.328 e. The summed E-state index contributed by atoms with van der Waals surface area (Å²) in [7, 11) is -4.71. The highest BCUT2D eigenvalue weighted by molar-refractivity contribution is 7.54. The summed E-state index contributed by atoms with van der Waals surface area (Å²) in [6.45, 7) is 3.97. The summed E-state index contributed by atoms with van der Waals surface area (Å²) in [5.74, 6) is 0. The normalized spacial score (nSPS) is 13.2. The van der Waals surface area contributed by atoms with Crippen molar-refractivity contribution in [2.24, 2.45) is 0 Å². The molecule has 0 bridgehead atoms.